The Morgan fingerprint density at radius 1 is 1.18 bits per heavy atom. The number of carbonyl (C=O) groups excluding carboxylic acids is 1. The molecule has 0 aliphatic rings. The van der Waals surface area contributed by atoms with Gasteiger partial charge in [-0.05, 0) is 22.0 Å². The smallest absolute Gasteiger partial charge is 0.251 e. The quantitative estimate of drug-likeness (QED) is 0.880. The van der Waals surface area contributed by atoms with Crippen molar-refractivity contribution in [2.75, 3.05) is 19.5 Å². The van der Waals surface area contributed by atoms with Crippen LogP contribution in [0.25, 0.3) is 0 Å². The van der Waals surface area contributed by atoms with Gasteiger partial charge in [-0.1, -0.05) is 0 Å². The molecular weight excluding hydrogens is 352 g/mol. The van der Waals surface area contributed by atoms with Crippen LogP contribution in [0.2, 0.25) is 0 Å². The van der Waals surface area contributed by atoms with Crippen molar-refractivity contribution in [2.24, 2.45) is 0 Å². The normalized spacial score (nSPS) is 10.1. The van der Waals surface area contributed by atoms with Crippen molar-refractivity contribution in [3.05, 3.63) is 51.4 Å². The Hall–Kier alpha value is -2.28. The van der Waals surface area contributed by atoms with Crippen LogP contribution in [-0.2, 0) is 11.3 Å². The first-order valence-electron chi connectivity index (χ1n) is 6.40. The summed E-state index contributed by atoms with van der Waals surface area (Å²) in [6, 6.07) is 8.07. The van der Waals surface area contributed by atoms with Crippen LogP contribution in [-0.4, -0.2) is 24.7 Å². The number of rotatable bonds is 5. The minimum atomic E-state index is -0.324. The molecule has 0 aliphatic heterocycles. The van der Waals surface area contributed by atoms with Gasteiger partial charge in [-0.2, -0.15) is 0 Å². The Kier molecular flexibility index (Phi) is 5.21. The fourth-order valence-corrected chi connectivity index (χ4v) is 2.24. The molecule has 1 N–H and O–H groups in total. The molecule has 0 radical (unpaired) electrons. The van der Waals surface area contributed by atoms with Crippen molar-refractivity contribution >= 4 is 27.5 Å². The maximum Gasteiger partial charge on any atom is 0.251 e. The van der Waals surface area contributed by atoms with Gasteiger partial charge in [0.15, 0.2) is 0 Å². The first-order chi connectivity index (χ1) is 10.5. The number of nitrogens with zero attached hydrogens (tertiary/aromatic N) is 1. The summed E-state index contributed by atoms with van der Waals surface area (Å²) >= 11 is 3.27. The number of anilines is 1. The van der Waals surface area contributed by atoms with Crippen LogP contribution in [0, 0.1) is 0 Å². The van der Waals surface area contributed by atoms with Crippen LogP contribution >= 0.6 is 15.9 Å². The highest BCUT2D eigenvalue weighted by atomic mass is 79.9. The highest BCUT2D eigenvalue weighted by Gasteiger charge is 2.08. The monoisotopic (exact) mass is 366 g/mol. The number of benzene rings is 1. The number of aromatic nitrogens is 1. The van der Waals surface area contributed by atoms with E-state index >= 15 is 0 Å². The Labute approximate surface area is 135 Å². The lowest BCUT2D eigenvalue weighted by Gasteiger charge is -2.10. The summed E-state index contributed by atoms with van der Waals surface area (Å²) in [4.78, 5) is 23.8. The van der Waals surface area contributed by atoms with Crippen molar-refractivity contribution in [3.63, 3.8) is 0 Å². The second kappa shape index (κ2) is 7.13. The van der Waals surface area contributed by atoms with Gasteiger partial charge in [-0.15, -0.1) is 0 Å². The molecule has 1 aromatic carbocycles. The average molecular weight is 367 g/mol. The van der Waals surface area contributed by atoms with E-state index in [9.17, 15) is 9.59 Å². The molecule has 7 heteroatoms. The lowest BCUT2D eigenvalue weighted by atomic mass is 10.2. The van der Waals surface area contributed by atoms with Crippen LogP contribution in [0.3, 0.4) is 0 Å². The second-order valence-electron chi connectivity index (χ2n) is 4.46. The van der Waals surface area contributed by atoms with Crippen molar-refractivity contribution in [1.29, 1.82) is 0 Å². The molecule has 0 atom stereocenters. The Morgan fingerprint density at radius 2 is 1.82 bits per heavy atom. The summed E-state index contributed by atoms with van der Waals surface area (Å²) in [6.07, 6.45) is 1.56. The number of nitrogens with one attached hydrogen (secondary N) is 1. The van der Waals surface area contributed by atoms with E-state index in [1.807, 2.05) is 0 Å². The topological polar surface area (TPSA) is 69.6 Å². The highest BCUT2D eigenvalue weighted by Crippen LogP contribution is 2.25. The molecule has 6 nitrogen and oxygen atoms in total. The van der Waals surface area contributed by atoms with E-state index in [0.717, 1.165) is 4.47 Å². The summed E-state index contributed by atoms with van der Waals surface area (Å²) in [5.41, 5.74) is 0.283. The lowest BCUT2D eigenvalue weighted by molar-refractivity contribution is -0.116. The summed E-state index contributed by atoms with van der Waals surface area (Å²) < 4.78 is 12.3. The van der Waals surface area contributed by atoms with Gasteiger partial charge in [-0.3, -0.25) is 9.59 Å². The molecule has 0 saturated carbocycles. The van der Waals surface area contributed by atoms with E-state index in [4.69, 9.17) is 9.47 Å². The zero-order chi connectivity index (χ0) is 16.1. The molecule has 0 fully saturated rings. The third kappa shape index (κ3) is 4.11. The van der Waals surface area contributed by atoms with Crippen LogP contribution < -0.4 is 20.3 Å². The first kappa shape index (κ1) is 16.1. The Bertz CT molecular complexity index is 720. The number of hydrogen-bond acceptors (Lipinski definition) is 4. The minimum absolute atomic E-state index is 0.0855. The van der Waals surface area contributed by atoms with Gasteiger partial charge >= 0.3 is 0 Å². The molecule has 22 heavy (non-hydrogen) atoms. The van der Waals surface area contributed by atoms with Gasteiger partial charge in [0.05, 0.1) is 14.2 Å². The average Bonchev–Trinajstić information content (AvgIpc) is 2.50. The van der Waals surface area contributed by atoms with Gasteiger partial charge in [0, 0.05) is 40.6 Å². The number of carbonyl (C=O) groups is 1. The van der Waals surface area contributed by atoms with Crippen LogP contribution in [0.1, 0.15) is 0 Å². The van der Waals surface area contributed by atoms with E-state index in [2.05, 4.69) is 21.2 Å². The van der Waals surface area contributed by atoms with E-state index in [-0.39, 0.29) is 18.0 Å². The van der Waals surface area contributed by atoms with Crippen LogP contribution in [0.5, 0.6) is 11.5 Å². The molecular formula is C15H15BrN2O4. The largest absolute Gasteiger partial charge is 0.497 e. The number of halogens is 1. The van der Waals surface area contributed by atoms with E-state index in [0.29, 0.717) is 17.2 Å². The molecule has 0 aliphatic carbocycles. The van der Waals surface area contributed by atoms with Crippen molar-refractivity contribution < 1.29 is 14.3 Å². The maximum atomic E-state index is 12.1. The third-order valence-electron chi connectivity index (χ3n) is 2.90. The number of ether oxygens (including phenoxy) is 2. The molecule has 116 valence electrons. The predicted octanol–water partition coefficient (Wildman–Crippen LogP) is 2.27. The summed E-state index contributed by atoms with van der Waals surface area (Å²) in [5.74, 6) is 0.805. The highest BCUT2D eigenvalue weighted by molar-refractivity contribution is 9.10. The molecule has 0 bridgehead atoms. The Morgan fingerprint density at radius 3 is 2.41 bits per heavy atom. The molecule has 0 unspecified atom stereocenters. The number of pyridine rings is 1. The second-order valence-corrected chi connectivity index (χ2v) is 5.38. The van der Waals surface area contributed by atoms with E-state index in [1.165, 1.54) is 24.9 Å². The van der Waals surface area contributed by atoms with Gasteiger partial charge in [0.1, 0.15) is 18.0 Å². The predicted molar refractivity (Wildman–Crippen MR) is 86.6 cm³/mol. The summed E-state index contributed by atoms with van der Waals surface area (Å²) in [5, 5.41) is 2.71. The standard InChI is InChI=1S/C15H15BrN2O4/c1-21-12-5-11(6-13(7-12)22-2)17-14(19)9-18-8-10(16)3-4-15(18)20/h3-8H,9H2,1-2H3,(H,17,19). The van der Waals surface area contributed by atoms with Crippen molar-refractivity contribution in [1.82, 2.24) is 4.57 Å². The first-order valence-corrected chi connectivity index (χ1v) is 7.20. The van der Waals surface area contributed by atoms with Crippen LogP contribution in [0.4, 0.5) is 5.69 Å². The zero-order valence-corrected chi connectivity index (χ0v) is 13.7. The van der Waals surface area contributed by atoms with Crippen molar-refractivity contribution in [3.8, 4) is 11.5 Å². The molecule has 1 aromatic heterocycles. The maximum absolute atomic E-state index is 12.1. The van der Waals surface area contributed by atoms with Crippen LogP contribution in [0.15, 0.2) is 45.8 Å². The third-order valence-corrected chi connectivity index (χ3v) is 3.37. The molecule has 2 rings (SSSR count). The zero-order valence-electron chi connectivity index (χ0n) is 12.1. The van der Waals surface area contributed by atoms with Gasteiger partial charge in [-0.25, -0.2) is 0 Å². The fourth-order valence-electron chi connectivity index (χ4n) is 1.86. The van der Waals surface area contributed by atoms with Crippen molar-refractivity contribution in [2.45, 2.75) is 6.54 Å². The minimum Gasteiger partial charge on any atom is -0.497 e. The summed E-state index contributed by atoms with van der Waals surface area (Å²) in [6.45, 7) is -0.0855. The van der Waals surface area contributed by atoms with Gasteiger partial charge < -0.3 is 19.4 Å². The molecule has 0 saturated heterocycles. The van der Waals surface area contributed by atoms with E-state index < -0.39 is 0 Å². The molecule has 1 heterocycles. The number of methoxy groups -OCH3 is 2. The van der Waals surface area contributed by atoms with E-state index in [1.54, 1.807) is 30.5 Å². The van der Waals surface area contributed by atoms with Gasteiger partial charge in [0.25, 0.3) is 5.56 Å². The molecule has 0 spiro atoms. The molecule has 2 aromatic rings. The Balaban J connectivity index is 2.15. The number of amides is 1. The van der Waals surface area contributed by atoms with Gasteiger partial charge in [0.2, 0.25) is 5.91 Å². The molecule has 1 amide bonds. The summed E-state index contributed by atoms with van der Waals surface area (Å²) in [7, 11) is 3.06. The fraction of sp³-hybridized carbons (Fsp3) is 0.200. The SMILES string of the molecule is COc1cc(NC(=O)Cn2cc(Br)ccc2=O)cc(OC)c1. The lowest BCUT2D eigenvalue weighted by Crippen LogP contribution is -2.26. The number of hydrogen-bond donors (Lipinski definition) is 1.